The van der Waals surface area contributed by atoms with E-state index in [1.165, 1.54) is 65.9 Å². The van der Waals surface area contributed by atoms with Gasteiger partial charge < -0.3 is 9.32 Å². The summed E-state index contributed by atoms with van der Waals surface area (Å²) >= 11 is 0. The van der Waals surface area contributed by atoms with Gasteiger partial charge in [0.2, 0.25) is 0 Å². The average Bonchev–Trinajstić information content (AvgIpc) is 3.62. The van der Waals surface area contributed by atoms with Crippen LogP contribution in [-0.4, -0.2) is 0 Å². The Labute approximate surface area is 309 Å². The Hall–Kier alpha value is -6.64. The number of furan rings is 1. The fourth-order valence-corrected chi connectivity index (χ4v) is 8.28. The summed E-state index contributed by atoms with van der Waals surface area (Å²) in [6, 6.07) is 65.8. The van der Waals surface area contributed by atoms with Gasteiger partial charge in [-0.25, -0.2) is 0 Å². The number of hydrogen-bond donors (Lipinski definition) is 0. The Morgan fingerprint density at radius 3 is 2.04 bits per heavy atom. The number of rotatable bonds is 7. The number of allylic oxidation sites excluding steroid dienone is 1. The van der Waals surface area contributed by atoms with Crippen LogP contribution in [0.1, 0.15) is 34.4 Å². The molecule has 8 aromatic carbocycles. The molecule has 9 aromatic rings. The molecule has 0 saturated heterocycles. The van der Waals surface area contributed by atoms with Gasteiger partial charge in [-0.05, 0) is 87.1 Å². The molecular formula is C51H37NO. The summed E-state index contributed by atoms with van der Waals surface area (Å²) in [5.74, 6) is 1.02. The van der Waals surface area contributed by atoms with E-state index >= 15 is 0 Å². The van der Waals surface area contributed by atoms with Crippen molar-refractivity contribution in [1.82, 2.24) is 0 Å². The number of para-hydroxylation sites is 1. The molecule has 0 atom stereocenters. The monoisotopic (exact) mass is 679 g/mol. The Balaban J connectivity index is 1.05. The van der Waals surface area contributed by atoms with E-state index in [1.807, 2.05) is 0 Å². The Kier molecular flexibility index (Phi) is 7.73. The van der Waals surface area contributed by atoms with Crippen LogP contribution in [0, 0.1) is 0 Å². The van der Waals surface area contributed by atoms with Crippen LogP contribution in [0.4, 0.5) is 17.1 Å². The van der Waals surface area contributed by atoms with Gasteiger partial charge >= 0.3 is 0 Å². The highest BCUT2D eigenvalue weighted by Gasteiger charge is 2.23. The van der Waals surface area contributed by atoms with E-state index in [4.69, 9.17) is 4.42 Å². The normalized spacial score (nSPS) is 12.6. The Morgan fingerprint density at radius 2 is 1.19 bits per heavy atom. The predicted octanol–water partition coefficient (Wildman–Crippen LogP) is 13.8. The predicted molar refractivity (Wildman–Crippen MR) is 222 cm³/mol. The van der Waals surface area contributed by atoms with Gasteiger partial charge in [-0.3, -0.25) is 0 Å². The molecular weight excluding hydrogens is 643 g/mol. The van der Waals surface area contributed by atoms with E-state index < -0.39 is 0 Å². The fraction of sp³-hybridized carbons (Fsp3) is 0.0588. The van der Waals surface area contributed by atoms with Crippen LogP contribution < -0.4 is 4.90 Å². The van der Waals surface area contributed by atoms with Gasteiger partial charge in [-0.1, -0.05) is 158 Å². The van der Waals surface area contributed by atoms with Crippen LogP contribution in [0.5, 0.6) is 0 Å². The second-order valence-electron chi connectivity index (χ2n) is 14.0. The van der Waals surface area contributed by atoms with E-state index in [1.54, 1.807) is 0 Å². The summed E-state index contributed by atoms with van der Waals surface area (Å²) in [6.07, 6.45) is 5.12. The molecule has 252 valence electrons. The second kappa shape index (κ2) is 13.2. The van der Waals surface area contributed by atoms with Gasteiger partial charge in [-0.2, -0.15) is 0 Å². The molecule has 53 heavy (non-hydrogen) atoms. The lowest BCUT2D eigenvalue weighted by atomic mass is 9.91. The van der Waals surface area contributed by atoms with Gasteiger partial charge in [0.15, 0.2) is 0 Å². The minimum absolute atomic E-state index is 0.769. The van der Waals surface area contributed by atoms with Crippen LogP contribution in [0.2, 0.25) is 0 Å². The zero-order chi connectivity index (χ0) is 35.1. The van der Waals surface area contributed by atoms with Crippen LogP contribution in [-0.2, 0) is 12.8 Å². The van der Waals surface area contributed by atoms with Gasteiger partial charge in [0.1, 0.15) is 11.3 Å². The summed E-state index contributed by atoms with van der Waals surface area (Å²) in [5.41, 5.74) is 13.0. The maximum absolute atomic E-state index is 6.82. The third kappa shape index (κ3) is 5.60. The van der Waals surface area contributed by atoms with Crippen molar-refractivity contribution in [2.75, 3.05) is 4.90 Å². The summed E-state index contributed by atoms with van der Waals surface area (Å²) in [7, 11) is 0. The molecule has 0 unspecified atom stereocenters. The van der Waals surface area contributed by atoms with Gasteiger partial charge in [0.05, 0.1) is 5.69 Å². The third-order valence-corrected chi connectivity index (χ3v) is 10.8. The molecule has 0 saturated carbocycles. The lowest BCUT2D eigenvalue weighted by molar-refractivity contribution is 0.588. The number of hydrogen-bond acceptors (Lipinski definition) is 2. The molecule has 2 heteroatoms. The first-order valence-electron chi connectivity index (χ1n) is 18.5. The molecule has 1 heterocycles. The Morgan fingerprint density at radius 1 is 0.509 bits per heavy atom. The fourth-order valence-electron chi connectivity index (χ4n) is 8.28. The molecule has 2 nitrogen and oxygen atoms in total. The van der Waals surface area contributed by atoms with Gasteiger partial charge in [-0.15, -0.1) is 0 Å². The van der Waals surface area contributed by atoms with Crippen molar-refractivity contribution in [2.24, 2.45) is 0 Å². The smallest absolute Gasteiger partial charge is 0.138 e. The summed E-state index contributed by atoms with van der Waals surface area (Å²) in [5, 5.41) is 6.18. The molecule has 0 amide bonds. The number of fused-ring (bicyclic) bond motifs is 5. The standard InChI is InChI=1S/C51H37NO/c1-2-14-38(15-3-1)46-25-12-27-48-47-26-10-20-40(50(47)53-51(46)48)33-35-13-8-21-42(34-35)52(49-28-11-19-37-17-5-7-23-45(37)49)41-31-29-39(30-32-41)44-24-9-18-36-16-4-6-22-43(36)44/h1-11,13-26,28-32,34H,12,27,33H2. The summed E-state index contributed by atoms with van der Waals surface area (Å²) < 4.78 is 6.82. The first kappa shape index (κ1) is 31.1. The molecule has 1 aliphatic rings. The highest BCUT2D eigenvalue weighted by molar-refractivity contribution is 6.00. The highest BCUT2D eigenvalue weighted by Crippen LogP contribution is 2.42. The van der Waals surface area contributed by atoms with E-state index in [9.17, 15) is 0 Å². The summed E-state index contributed by atoms with van der Waals surface area (Å²) in [4.78, 5) is 2.40. The number of anilines is 3. The van der Waals surface area contributed by atoms with Gasteiger partial charge in [0, 0.05) is 39.7 Å². The lowest BCUT2D eigenvalue weighted by Gasteiger charge is -2.27. The average molecular weight is 680 g/mol. The number of nitrogens with zero attached hydrogens (tertiary/aromatic N) is 1. The lowest BCUT2D eigenvalue weighted by Crippen LogP contribution is -2.11. The van der Waals surface area contributed by atoms with Crippen molar-refractivity contribution in [3.63, 3.8) is 0 Å². The number of benzene rings is 8. The van der Waals surface area contributed by atoms with Crippen molar-refractivity contribution in [1.29, 1.82) is 0 Å². The zero-order valence-corrected chi connectivity index (χ0v) is 29.4. The van der Waals surface area contributed by atoms with Crippen LogP contribution in [0.3, 0.4) is 0 Å². The topological polar surface area (TPSA) is 16.4 Å². The van der Waals surface area contributed by atoms with Crippen LogP contribution in [0.15, 0.2) is 192 Å². The van der Waals surface area contributed by atoms with E-state index in [0.717, 1.165) is 47.7 Å². The molecule has 10 rings (SSSR count). The molecule has 0 radical (unpaired) electrons. The minimum atomic E-state index is 0.769. The van der Waals surface area contributed by atoms with Crippen molar-refractivity contribution < 1.29 is 4.42 Å². The molecule has 1 aliphatic carbocycles. The maximum atomic E-state index is 6.82. The van der Waals surface area contributed by atoms with E-state index in [2.05, 4.69) is 193 Å². The highest BCUT2D eigenvalue weighted by atomic mass is 16.3. The first-order chi connectivity index (χ1) is 26.3. The van der Waals surface area contributed by atoms with Gasteiger partial charge in [0.25, 0.3) is 0 Å². The molecule has 0 aliphatic heterocycles. The van der Waals surface area contributed by atoms with Crippen LogP contribution >= 0.6 is 0 Å². The van der Waals surface area contributed by atoms with Crippen LogP contribution in [0.25, 0.3) is 49.2 Å². The zero-order valence-electron chi connectivity index (χ0n) is 29.4. The molecule has 0 N–H and O–H groups in total. The first-order valence-corrected chi connectivity index (χ1v) is 18.5. The SMILES string of the molecule is C1=C(c2ccccc2)c2oc3c(Cc4cccc(N(c5ccc(-c6cccc7ccccc67)cc5)c5cccc6ccccc56)c4)cccc3c2CC1. The molecule has 0 bridgehead atoms. The minimum Gasteiger partial charge on any atom is -0.455 e. The van der Waals surface area contributed by atoms with Crippen molar-refractivity contribution >= 4 is 55.1 Å². The molecule has 0 fully saturated rings. The van der Waals surface area contributed by atoms with Crippen molar-refractivity contribution in [3.05, 3.63) is 216 Å². The van der Waals surface area contributed by atoms with Crippen molar-refractivity contribution in [2.45, 2.75) is 19.3 Å². The quantitative estimate of drug-likeness (QED) is 0.167. The van der Waals surface area contributed by atoms with E-state index in [0.29, 0.717) is 0 Å². The number of aryl methyl sites for hydroxylation is 1. The maximum Gasteiger partial charge on any atom is 0.138 e. The Bertz CT molecular complexity index is 2800. The summed E-state index contributed by atoms with van der Waals surface area (Å²) in [6.45, 7) is 0. The second-order valence-corrected chi connectivity index (χ2v) is 14.0. The third-order valence-electron chi connectivity index (χ3n) is 10.8. The molecule has 0 spiro atoms. The van der Waals surface area contributed by atoms with E-state index in [-0.39, 0.29) is 0 Å². The largest absolute Gasteiger partial charge is 0.455 e. The van der Waals surface area contributed by atoms with Crippen molar-refractivity contribution in [3.8, 4) is 11.1 Å². The molecule has 1 aromatic heterocycles.